The molecule has 2 amide bonds. The average Bonchev–Trinajstić information content (AvgIpc) is 2.78. The molecule has 0 saturated heterocycles. The third-order valence-electron chi connectivity index (χ3n) is 5.13. The first-order valence-corrected chi connectivity index (χ1v) is 9.65. The zero-order valence-electron chi connectivity index (χ0n) is 16.8. The van der Waals surface area contributed by atoms with Crippen molar-refractivity contribution in [3.05, 3.63) is 96.8 Å². The van der Waals surface area contributed by atoms with Crippen LogP contribution in [0.2, 0.25) is 0 Å². The van der Waals surface area contributed by atoms with Crippen LogP contribution in [0.5, 0.6) is 11.5 Å². The van der Waals surface area contributed by atoms with Crippen molar-refractivity contribution in [3.8, 4) is 11.5 Å². The molecule has 0 saturated carbocycles. The second-order valence-electron chi connectivity index (χ2n) is 7.27. The number of hydrogen-bond donors (Lipinski definition) is 3. The molecule has 1 aliphatic rings. The zero-order chi connectivity index (χ0) is 22.0. The van der Waals surface area contributed by atoms with Gasteiger partial charge in [-0.15, -0.1) is 0 Å². The quantitative estimate of drug-likeness (QED) is 0.606. The Morgan fingerprint density at radius 3 is 1.94 bits per heavy atom. The monoisotopic (exact) mass is 415 g/mol. The highest BCUT2D eigenvalue weighted by Gasteiger charge is 2.46. The van der Waals surface area contributed by atoms with Gasteiger partial charge < -0.3 is 20.4 Å². The number of aromatic hydroxyl groups is 2. The molecule has 7 heteroatoms. The molecule has 3 N–H and O–H groups in total. The molecule has 0 bridgehead atoms. The van der Waals surface area contributed by atoms with Crippen molar-refractivity contribution in [1.29, 1.82) is 0 Å². The first-order chi connectivity index (χ1) is 14.9. The van der Waals surface area contributed by atoms with E-state index in [1.165, 1.54) is 29.2 Å². The standard InChI is InChI=1S/C24H21N3O4/c1-24(25-22(30)17-5-3-2-4-6-17)23(31)26(18-7-11-20(28)12-8-18)15-16-27(24)19-9-13-21(29)14-10-19/h2-16,28-29H,1H3,(H,25,30). The third kappa shape index (κ3) is 3.81. The van der Waals surface area contributed by atoms with Crippen LogP contribution in [0.1, 0.15) is 17.3 Å². The number of carbonyl (C=O) groups excluding carboxylic acids is 2. The second-order valence-corrected chi connectivity index (χ2v) is 7.27. The highest BCUT2D eigenvalue weighted by Crippen LogP contribution is 2.32. The number of anilines is 2. The van der Waals surface area contributed by atoms with Gasteiger partial charge in [-0.2, -0.15) is 0 Å². The Morgan fingerprint density at radius 2 is 1.35 bits per heavy atom. The lowest BCUT2D eigenvalue weighted by atomic mass is 10.0. The van der Waals surface area contributed by atoms with Crippen LogP contribution in [-0.4, -0.2) is 27.7 Å². The molecule has 4 rings (SSSR count). The molecule has 0 spiro atoms. The summed E-state index contributed by atoms with van der Waals surface area (Å²) in [6.07, 6.45) is 3.28. The summed E-state index contributed by atoms with van der Waals surface area (Å²) in [6.45, 7) is 1.62. The number of phenolic OH excluding ortho intramolecular Hbond substituents is 2. The van der Waals surface area contributed by atoms with Crippen molar-refractivity contribution >= 4 is 23.2 Å². The van der Waals surface area contributed by atoms with Gasteiger partial charge in [-0.25, -0.2) is 0 Å². The maximum Gasteiger partial charge on any atom is 0.277 e. The van der Waals surface area contributed by atoms with Crippen LogP contribution in [-0.2, 0) is 4.79 Å². The molecule has 156 valence electrons. The topological polar surface area (TPSA) is 93.1 Å². The molecule has 3 aromatic carbocycles. The molecule has 1 unspecified atom stereocenters. The lowest BCUT2D eigenvalue weighted by Crippen LogP contribution is -2.67. The Bertz CT molecular complexity index is 1130. The number of phenols is 2. The molecular weight excluding hydrogens is 394 g/mol. The van der Waals surface area contributed by atoms with Crippen molar-refractivity contribution in [2.75, 3.05) is 9.80 Å². The summed E-state index contributed by atoms with van der Waals surface area (Å²) in [5.74, 6) is -0.612. The van der Waals surface area contributed by atoms with Crippen LogP contribution in [0.3, 0.4) is 0 Å². The molecule has 0 aliphatic carbocycles. The van der Waals surface area contributed by atoms with E-state index in [9.17, 15) is 19.8 Å². The van der Waals surface area contributed by atoms with Crippen LogP contribution < -0.4 is 15.1 Å². The highest BCUT2D eigenvalue weighted by molar-refractivity contribution is 6.08. The van der Waals surface area contributed by atoms with Gasteiger partial charge in [0.1, 0.15) is 11.5 Å². The minimum atomic E-state index is -1.46. The van der Waals surface area contributed by atoms with Gasteiger partial charge in [0.25, 0.3) is 11.8 Å². The number of benzene rings is 3. The van der Waals surface area contributed by atoms with Crippen LogP contribution in [0.25, 0.3) is 0 Å². The van der Waals surface area contributed by atoms with Gasteiger partial charge in [0, 0.05) is 29.3 Å². The van der Waals surface area contributed by atoms with Crippen molar-refractivity contribution in [2.45, 2.75) is 12.6 Å². The fourth-order valence-corrected chi connectivity index (χ4v) is 3.46. The fraction of sp³-hybridized carbons (Fsp3) is 0.0833. The van der Waals surface area contributed by atoms with E-state index in [-0.39, 0.29) is 11.5 Å². The van der Waals surface area contributed by atoms with Gasteiger partial charge in [0.2, 0.25) is 0 Å². The minimum Gasteiger partial charge on any atom is -0.508 e. The van der Waals surface area contributed by atoms with E-state index >= 15 is 0 Å². The van der Waals surface area contributed by atoms with Crippen molar-refractivity contribution in [2.24, 2.45) is 0 Å². The Labute approximate surface area is 179 Å². The van der Waals surface area contributed by atoms with Gasteiger partial charge in [0.15, 0.2) is 5.66 Å². The van der Waals surface area contributed by atoms with Gasteiger partial charge in [-0.05, 0) is 67.6 Å². The number of nitrogens with zero attached hydrogens (tertiary/aromatic N) is 2. The molecular formula is C24H21N3O4. The third-order valence-corrected chi connectivity index (χ3v) is 5.13. The molecule has 1 heterocycles. The number of nitrogens with one attached hydrogen (secondary N) is 1. The SMILES string of the molecule is CC1(NC(=O)c2ccccc2)C(=O)N(c2ccc(O)cc2)C=CN1c1ccc(O)cc1. The van der Waals surface area contributed by atoms with E-state index in [2.05, 4.69) is 5.32 Å². The van der Waals surface area contributed by atoms with E-state index in [1.807, 2.05) is 6.07 Å². The second kappa shape index (κ2) is 7.87. The van der Waals surface area contributed by atoms with E-state index in [4.69, 9.17) is 0 Å². The maximum atomic E-state index is 13.7. The van der Waals surface area contributed by atoms with Crippen LogP contribution in [0, 0.1) is 0 Å². The molecule has 31 heavy (non-hydrogen) atoms. The lowest BCUT2D eigenvalue weighted by molar-refractivity contribution is -0.123. The summed E-state index contributed by atoms with van der Waals surface area (Å²) in [5.41, 5.74) is 0.123. The van der Waals surface area contributed by atoms with Crippen molar-refractivity contribution < 1.29 is 19.8 Å². The van der Waals surface area contributed by atoms with Crippen molar-refractivity contribution in [3.63, 3.8) is 0 Å². The predicted octanol–water partition coefficient (Wildman–Crippen LogP) is 3.57. The molecule has 1 atom stereocenters. The summed E-state index contributed by atoms with van der Waals surface area (Å²) in [7, 11) is 0. The van der Waals surface area contributed by atoms with Crippen LogP contribution >= 0.6 is 0 Å². The van der Waals surface area contributed by atoms with Gasteiger partial charge in [0.05, 0.1) is 0 Å². The maximum absolute atomic E-state index is 13.7. The van der Waals surface area contributed by atoms with Gasteiger partial charge >= 0.3 is 0 Å². The Kier molecular flexibility index (Phi) is 5.09. The van der Waals surface area contributed by atoms with Crippen LogP contribution in [0.15, 0.2) is 91.3 Å². The molecule has 7 nitrogen and oxygen atoms in total. The summed E-state index contributed by atoms with van der Waals surface area (Å²) in [6, 6.07) is 21.2. The smallest absolute Gasteiger partial charge is 0.277 e. The van der Waals surface area contributed by atoms with E-state index in [0.717, 1.165) is 0 Å². The first kappa shape index (κ1) is 20.0. The van der Waals surface area contributed by atoms with E-state index in [1.54, 1.807) is 72.8 Å². The van der Waals surface area contributed by atoms with Gasteiger partial charge in [-0.1, -0.05) is 18.2 Å². The highest BCUT2D eigenvalue weighted by atomic mass is 16.3. The molecule has 1 aliphatic heterocycles. The lowest BCUT2D eigenvalue weighted by Gasteiger charge is -2.45. The largest absolute Gasteiger partial charge is 0.508 e. The van der Waals surface area contributed by atoms with Crippen LogP contribution in [0.4, 0.5) is 11.4 Å². The normalized spacial score (nSPS) is 18.2. The Hall–Kier alpha value is -4.26. The Balaban J connectivity index is 1.76. The summed E-state index contributed by atoms with van der Waals surface area (Å²) in [4.78, 5) is 29.7. The first-order valence-electron chi connectivity index (χ1n) is 9.65. The average molecular weight is 415 g/mol. The number of hydrogen-bond acceptors (Lipinski definition) is 5. The molecule has 0 aromatic heterocycles. The summed E-state index contributed by atoms with van der Waals surface area (Å²) >= 11 is 0. The van der Waals surface area contributed by atoms with Crippen molar-refractivity contribution in [1.82, 2.24) is 5.32 Å². The zero-order valence-corrected chi connectivity index (χ0v) is 16.8. The fourth-order valence-electron chi connectivity index (χ4n) is 3.46. The summed E-state index contributed by atoms with van der Waals surface area (Å²) in [5, 5.41) is 22.1. The minimum absolute atomic E-state index is 0.0862. The molecule has 0 fully saturated rings. The van der Waals surface area contributed by atoms with E-state index < -0.39 is 17.5 Å². The predicted molar refractivity (Wildman–Crippen MR) is 118 cm³/mol. The van der Waals surface area contributed by atoms with Gasteiger partial charge in [-0.3, -0.25) is 14.5 Å². The number of rotatable bonds is 4. The number of carbonyl (C=O) groups is 2. The number of amides is 2. The van der Waals surface area contributed by atoms with E-state index in [0.29, 0.717) is 16.9 Å². The molecule has 0 radical (unpaired) electrons. The summed E-state index contributed by atoms with van der Waals surface area (Å²) < 4.78 is 0. The Morgan fingerprint density at radius 1 is 0.806 bits per heavy atom. The molecule has 3 aromatic rings.